The van der Waals surface area contributed by atoms with Crippen molar-refractivity contribution in [1.29, 1.82) is 0 Å². The third-order valence-corrected chi connectivity index (χ3v) is 4.01. The number of benzene rings is 1. The molecule has 0 unspecified atom stereocenters. The van der Waals surface area contributed by atoms with Crippen LogP contribution < -0.4 is 0 Å². The highest BCUT2D eigenvalue weighted by atomic mass is 14.3. The Balaban J connectivity index is 2.48. The summed E-state index contributed by atoms with van der Waals surface area (Å²) >= 11 is 0. The van der Waals surface area contributed by atoms with Gasteiger partial charge in [-0.15, -0.1) is 0 Å². The molecule has 0 heteroatoms. The number of rotatable bonds is 2. The number of hydrogen-bond donors (Lipinski definition) is 0. The van der Waals surface area contributed by atoms with Crippen LogP contribution >= 0.6 is 0 Å². The first-order valence-electron chi connectivity index (χ1n) is 6.26. The van der Waals surface area contributed by atoms with E-state index in [1.807, 2.05) is 0 Å². The van der Waals surface area contributed by atoms with Gasteiger partial charge in [-0.1, -0.05) is 39.0 Å². The number of hydrogen-bond acceptors (Lipinski definition) is 0. The summed E-state index contributed by atoms with van der Waals surface area (Å²) in [7, 11) is 0. The van der Waals surface area contributed by atoms with Crippen LogP contribution in [-0.4, -0.2) is 0 Å². The molecular weight excluding hydrogens is 180 g/mol. The van der Waals surface area contributed by atoms with Crippen molar-refractivity contribution in [3.8, 4) is 0 Å². The molecule has 0 aliphatic heterocycles. The summed E-state index contributed by atoms with van der Waals surface area (Å²) in [6.45, 7) is 7.04. The van der Waals surface area contributed by atoms with E-state index in [-0.39, 0.29) is 0 Å². The number of fused-ring (bicyclic) bond motifs is 1. The summed E-state index contributed by atoms with van der Waals surface area (Å²) in [6, 6.07) is 6.91. The molecule has 0 aromatic heterocycles. The molecule has 0 spiro atoms. The predicted molar refractivity (Wildman–Crippen MR) is 66.4 cm³/mol. The minimum absolute atomic E-state index is 0.350. The molecule has 15 heavy (non-hydrogen) atoms. The lowest BCUT2D eigenvalue weighted by molar-refractivity contribution is 0.495. The zero-order chi connectivity index (χ0) is 10.9. The van der Waals surface area contributed by atoms with E-state index in [1.165, 1.54) is 32.1 Å². The molecule has 2 rings (SSSR count). The van der Waals surface area contributed by atoms with Crippen LogP contribution in [0, 0.1) is 0 Å². The molecule has 1 aromatic carbocycles. The SMILES string of the molecule is CCC(C)(C)c1cccc2c1CCCC2. The lowest BCUT2D eigenvalue weighted by Crippen LogP contribution is -2.20. The molecule has 0 bridgehead atoms. The Bertz CT molecular complexity index is 347. The zero-order valence-corrected chi connectivity index (χ0v) is 10.3. The Hall–Kier alpha value is -0.780. The van der Waals surface area contributed by atoms with E-state index in [0.29, 0.717) is 5.41 Å². The monoisotopic (exact) mass is 202 g/mol. The van der Waals surface area contributed by atoms with Crippen molar-refractivity contribution in [3.05, 3.63) is 34.9 Å². The van der Waals surface area contributed by atoms with Gasteiger partial charge >= 0.3 is 0 Å². The smallest absolute Gasteiger partial charge is 0.0103 e. The molecule has 1 aromatic rings. The maximum atomic E-state index is 2.37. The average molecular weight is 202 g/mol. The normalized spacial score (nSPS) is 16.2. The molecular formula is C15H22. The summed E-state index contributed by atoms with van der Waals surface area (Å²) in [4.78, 5) is 0. The van der Waals surface area contributed by atoms with Crippen molar-refractivity contribution in [1.82, 2.24) is 0 Å². The van der Waals surface area contributed by atoms with Crippen LogP contribution in [0.2, 0.25) is 0 Å². The van der Waals surface area contributed by atoms with Crippen molar-refractivity contribution in [2.24, 2.45) is 0 Å². The average Bonchev–Trinajstić information content (AvgIpc) is 2.28. The van der Waals surface area contributed by atoms with E-state index >= 15 is 0 Å². The lowest BCUT2D eigenvalue weighted by Gasteiger charge is -2.29. The first-order valence-corrected chi connectivity index (χ1v) is 6.26. The van der Waals surface area contributed by atoms with E-state index in [4.69, 9.17) is 0 Å². The topological polar surface area (TPSA) is 0 Å². The molecule has 1 aliphatic rings. The highest BCUT2D eigenvalue weighted by Gasteiger charge is 2.23. The van der Waals surface area contributed by atoms with Gasteiger partial charge in [0.25, 0.3) is 0 Å². The standard InChI is InChI=1S/C15H22/c1-4-15(2,3)14-11-7-9-12-8-5-6-10-13(12)14/h7,9,11H,4-6,8,10H2,1-3H3. The molecule has 0 nitrogen and oxygen atoms in total. The van der Waals surface area contributed by atoms with Gasteiger partial charge in [0.1, 0.15) is 0 Å². The van der Waals surface area contributed by atoms with Crippen LogP contribution in [0.4, 0.5) is 0 Å². The van der Waals surface area contributed by atoms with Gasteiger partial charge in [0.05, 0.1) is 0 Å². The quantitative estimate of drug-likeness (QED) is 0.672. The van der Waals surface area contributed by atoms with Crippen molar-refractivity contribution in [2.45, 2.75) is 58.3 Å². The minimum Gasteiger partial charge on any atom is -0.0646 e. The van der Waals surface area contributed by atoms with Crippen LogP contribution in [0.25, 0.3) is 0 Å². The second kappa shape index (κ2) is 4.00. The first-order chi connectivity index (χ1) is 7.15. The molecule has 1 aliphatic carbocycles. The van der Waals surface area contributed by atoms with Crippen molar-refractivity contribution < 1.29 is 0 Å². The fraction of sp³-hybridized carbons (Fsp3) is 0.600. The molecule has 82 valence electrons. The summed E-state index contributed by atoms with van der Waals surface area (Å²) in [5.41, 5.74) is 5.22. The van der Waals surface area contributed by atoms with Crippen LogP contribution in [0.1, 0.15) is 56.7 Å². The van der Waals surface area contributed by atoms with E-state index in [0.717, 1.165) is 0 Å². The largest absolute Gasteiger partial charge is 0.0646 e. The molecule has 0 saturated carbocycles. The summed E-state index contributed by atoms with van der Waals surface area (Å²) in [6.07, 6.45) is 6.58. The van der Waals surface area contributed by atoms with Gasteiger partial charge in [0.15, 0.2) is 0 Å². The van der Waals surface area contributed by atoms with Crippen LogP contribution in [0.3, 0.4) is 0 Å². The van der Waals surface area contributed by atoms with Gasteiger partial charge in [-0.3, -0.25) is 0 Å². The molecule has 0 radical (unpaired) electrons. The molecule has 0 fully saturated rings. The molecule has 0 N–H and O–H groups in total. The summed E-state index contributed by atoms with van der Waals surface area (Å²) in [5.74, 6) is 0. The van der Waals surface area contributed by atoms with E-state index in [1.54, 1.807) is 16.7 Å². The second-order valence-corrected chi connectivity index (χ2v) is 5.39. The third kappa shape index (κ3) is 1.95. The Morgan fingerprint density at radius 2 is 1.87 bits per heavy atom. The molecule has 0 heterocycles. The lowest BCUT2D eigenvalue weighted by atomic mass is 9.75. The summed E-state index contributed by atoms with van der Waals surface area (Å²) in [5, 5.41) is 0. The Morgan fingerprint density at radius 3 is 2.60 bits per heavy atom. The Kier molecular flexibility index (Phi) is 2.86. The molecule has 0 atom stereocenters. The van der Waals surface area contributed by atoms with E-state index in [9.17, 15) is 0 Å². The van der Waals surface area contributed by atoms with Crippen LogP contribution in [-0.2, 0) is 18.3 Å². The van der Waals surface area contributed by atoms with Gasteiger partial charge in [-0.2, -0.15) is 0 Å². The summed E-state index contributed by atoms with van der Waals surface area (Å²) < 4.78 is 0. The molecule has 0 amide bonds. The fourth-order valence-corrected chi connectivity index (χ4v) is 2.61. The fourth-order valence-electron chi connectivity index (χ4n) is 2.61. The van der Waals surface area contributed by atoms with Crippen molar-refractivity contribution in [3.63, 3.8) is 0 Å². The minimum atomic E-state index is 0.350. The Labute approximate surface area is 93.7 Å². The molecule has 0 saturated heterocycles. The Morgan fingerprint density at radius 1 is 1.13 bits per heavy atom. The maximum absolute atomic E-state index is 2.37. The van der Waals surface area contributed by atoms with Gasteiger partial charge in [0, 0.05) is 0 Å². The van der Waals surface area contributed by atoms with Gasteiger partial charge in [-0.25, -0.2) is 0 Å². The maximum Gasteiger partial charge on any atom is -0.0103 e. The van der Waals surface area contributed by atoms with Crippen molar-refractivity contribution >= 4 is 0 Å². The highest BCUT2D eigenvalue weighted by molar-refractivity contribution is 5.40. The highest BCUT2D eigenvalue weighted by Crippen LogP contribution is 2.34. The van der Waals surface area contributed by atoms with Gasteiger partial charge in [-0.05, 0) is 54.2 Å². The van der Waals surface area contributed by atoms with Crippen LogP contribution in [0.5, 0.6) is 0 Å². The third-order valence-electron chi connectivity index (χ3n) is 4.01. The van der Waals surface area contributed by atoms with Gasteiger partial charge < -0.3 is 0 Å². The van der Waals surface area contributed by atoms with Crippen LogP contribution in [0.15, 0.2) is 18.2 Å². The van der Waals surface area contributed by atoms with E-state index < -0.39 is 0 Å². The number of aryl methyl sites for hydroxylation is 1. The van der Waals surface area contributed by atoms with Gasteiger partial charge in [0.2, 0.25) is 0 Å². The van der Waals surface area contributed by atoms with Crippen molar-refractivity contribution in [2.75, 3.05) is 0 Å². The van der Waals surface area contributed by atoms with E-state index in [2.05, 4.69) is 39.0 Å². The second-order valence-electron chi connectivity index (χ2n) is 5.39. The first kappa shape index (κ1) is 10.7. The zero-order valence-electron chi connectivity index (χ0n) is 10.3. The predicted octanol–water partition coefficient (Wildman–Crippen LogP) is 4.25.